The van der Waals surface area contributed by atoms with Gasteiger partial charge in [-0.1, -0.05) is 140 Å². The van der Waals surface area contributed by atoms with Crippen LogP contribution in [0.4, 0.5) is 0 Å². The number of hydrogen-bond donors (Lipinski definition) is 3. The molecule has 3 unspecified atom stereocenters. The largest absolute Gasteiger partial charge is 0.456 e. The Morgan fingerprint density at radius 2 is 1.03 bits per heavy atom. The van der Waals surface area contributed by atoms with Crippen molar-refractivity contribution < 1.29 is 8.83 Å². The SMILES string of the molecule is C1=CC(C2NC(c3ccccc3)NC(c3ccc4c(c3)oc3cc(-c5ccc6c(c5)oc5cc(-n7c8ccccc8c8cccc(-c9ccccc9)c87)ccc56)ccc34)N2)=CCC1. The molecule has 0 amide bonds. The lowest BCUT2D eigenvalue weighted by atomic mass is 10.00. The normalized spacial score (nSPS) is 18.0. The molecule has 2 aliphatic rings. The van der Waals surface area contributed by atoms with Gasteiger partial charge in [-0.05, 0) is 94.8 Å². The molecule has 13 rings (SSSR count). The van der Waals surface area contributed by atoms with Gasteiger partial charge in [-0.15, -0.1) is 0 Å². The zero-order valence-electron chi connectivity index (χ0n) is 34.4. The summed E-state index contributed by atoms with van der Waals surface area (Å²) in [5, 5.41) is 18.3. The summed E-state index contributed by atoms with van der Waals surface area (Å²) >= 11 is 0. The molecule has 3 aromatic heterocycles. The summed E-state index contributed by atoms with van der Waals surface area (Å²) in [7, 11) is 0. The monoisotopic (exact) mass is 814 g/mol. The number of allylic oxidation sites excluding steroid dienone is 2. The molecule has 1 fully saturated rings. The van der Waals surface area contributed by atoms with Crippen molar-refractivity contribution in [2.45, 2.75) is 31.3 Å². The maximum atomic E-state index is 6.72. The van der Waals surface area contributed by atoms with Gasteiger partial charge in [0, 0.05) is 49.6 Å². The first-order valence-corrected chi connectivity index (χ1v) is 21.9. The first-order chi connectivity index (χ1) is 31.2. The van der Waals surface area contributed by atoms with E-state index < -0.39 is 0 Å². The van der Waals surface area contributed by atoms with Crippen LogP contribution < -0.4 is 16.0 Å². The van der Waals surface area contributed by atoms with E-state index in [9.17, 15) is 0 Å². The molecule has 11 aromatic rings. The third kappa shape index (κ3) is 6.06. The average Bonchev–Trinajstić information content (AvgIpc) is 4.03. The Hall–Kier alpha value is -7.48. The van der Waals surface area contributed by atoms with Crippen LogP contribution in [-0.4, -0.2) is 10.7 Å². The Morgan fingerprint density at radius 3 is 1.76 bits per heavy atom. The van der Waals surface area contributed by atoms with E-state index in [0.717, 1.165) is 79.1 Å². The number of hydrogen-bond acceptors (Lipinski definition) is 5. The molecule has 1 aliphatic heterocycles. The van der Waals surface area contributed by atoms with E-state index in [1.165, 1.54) is 44.1 Å². The van der Waals surface area contributed by atoms with Gasteiger partial charge in [-0.2, -0.15) is 0 Å². The second-order valence-electron chi connectivity index (χ2n) is 16.9. The number of fused-ring (bicyclic) bond motifs is 9. The first-order valence-electron chi connectivity index (χ1n) is 21.9. The minimum absolute atomic E-state index is 0.00582. The smallest absolute Gasteiger partial charge is 0.137 e. The molecular formula is C57H42N4O2. The summed E-state index contributed by atoms with van der Waals surface area (Å²) < 4.78 is 15.8. The van der Waals surface area contributed by atoms with E-state index in [1.807, 2.05) is 0 Å². The molecule has 0 saturated carbocycles. The molecule has 0 radical (unpaired) electrons. The number of furan rings is 2. The van der Waals surface area contributed by atoms with Gasteiger partial charge < -0.3 is 13.4 Å². The molecule has 0 bridgehead atoms. The lowest BCUT2D eigenvalue weighted by molar-refractivity contribution is 0.224. The van der Waals surface area contributed by atoms with Crippen LogP contribution in [0.1, 0.15) is 36.3 Å². The van der Waals surface area contributed by atoms with Crippen LogP contribution in [0.15, 0.2) is 209 Å². The molecule has 4 heterocycles. The fourth-order valence-electron chi connectivity index (χ4n) is 10.1. The first kappa shape index (κ1) is 36.2. The predicted molar refractivity (Wildman–Crippen MR) is 258 cm³/mol. The van der Waals surface area contributed by atoms with Gasteiger partial charge in [0.15, 0.2) is 0 Å². The zero-order valence-corrected chi connectivity index (χ0v) is 34.4. The van der Waals surface area contributed by atoms with Gasteiger partial charge in [0.2, 0.25) is 0 Å². The van der Waals surface area contributed by atoms with Crippen LogP contribution in [0.3, 0.4) is 0 Å². The third-order valence-corrected chi connectivity index (χ3v) is 13.1. The van der Waals surface area contributed by atoms with Gasteiger partial charge in [0.05, 0.1) is 29.5 Å². The highest BCUT2D eigenvalue weighted by Gasteiger charge is 2.31. The van der Waals surface area contributed by atoms with E-state index in [1.54, 1.807) is 0 Å². The highest BCUT2D eigenvalue weighted by atomic mass is 16.3. The third-order valence-electron chi connectivity index (χ3n) is 13.1. The van der Waals surface area contributed by atoms with Gasteiger partial charge in [-0.25, -0.2) is 0 Å². The topological polar surface area (TPSA) is 67.3 Å². The van der Waals surface area contributed by atoms with Crippen molar-refractivity contribution in [3.8, 4) is 27.9 Å². The van der Waals surface area contributed by atoms with Crippen molar-refractivity contribution in [1.29, 1.82) is 0 Å². The molecule has 3 N–H and O–H groups in total. The second kappa shape index (κ2) is 14.6. The van der Waals surface area contributed by atoms with E-state index >= 15 is 0 Å². The quantitative estimate of drug-likeness (QED) is 0.156. The summed E-state index contributed by atoms with van der Waals surface area (Å²) in [4.78, 5) is 0. The maximum Gasteiger partial charge on any atom is 0.137 e. The van der Waals surface area contributed by atoms with Crippen molar-refractivity contribution in [3.63, 3.8) is 0 Å². The summed E-state index contributed by atoms with van der Waals surface area (Å²) in [6.07, 6.45) is 8.89. The maximum absolute atomic E-state index is 6.72. The lowest BCUT2D eigenvalue weighted by Crippen LogP contribution is -2.59. The fraction of sp³-hybridized carbons (Fsp3) is 0.0877. The Kier molecular flexibility index (Phi) is 8.37. The average molecular weight is 815 g/mol. The van der Waals surface area contributed by atoms with Gasteiger partial charge in [0.25, 0.3) is 0 Å². The fourth-order valence-corrected chi connectivity index (χ4v) is 10.1. The Balaban J connectivity index is 0.847. The molecule has 0 spiro atoms. The summed E-state index contributed by atoms with van der Waals surface area (Å²) in [5.74, 6) is 0. The van der Waals surface area contributed by atoms with Crippen molar-refractivity contribution in [2.75, 3.05) is 0 Å². The number of nitrogens with zero attached hydrogens (tertiary/aromatic N) is 1. The number of benzene rings is 8. The molecule has 1 aliphatic carbocycles. The molecule has 302 valence electrons. The van der Waals surface area contributed by atoms with Crippen molar-refractivity contribution in [3.05, 3.63) is 211 Å². The highest BCUT2D eigenvalue weighted by Crippen LogP contribution is 2.41. The van der Waals surface area contributed by atoms with Crippen molar-refractivity contribution in [1.82, 2.24) is 20.5 Å². The second-order valence-corrected chi connectivity index (χ2v) is 16.9. The van der Waals surface area contributed by atoms with E-state index in [-0.39, 0.29) is 18.5 Å². The van der Waals surface area contributed by atoms with Crippen molar-refractivity contribution in [2.24, 2.45) is 0 Å². The standard InChI is InChI=1S/C57H42N4O2/c1-4-13-35(14-5-1)42-20-12-21-48-43-19-10-11-22-49(43)61(54(42)48)41-26-30-47-45-28-24-39(32-51(45)63-53(47)34-41)38-23-27-44-46-29-25-40(33-52(46)62-50(44)31-38)57-59-55(36-15-6-2-7-16-36)58-56(60-57)37-17-8-3-9-18-37/h1-2,4-8,10-34,55-60H,3,9H2. The van der Waals surface area contributed by atoms with E-state index in [4.69, 9.17) is 8.83 Å². The summed E-state index contributed by atoms with van der Waals surface area (Å²) in [6, 6.07) is 62.9. The number of rotatable bonds is 6. The van der Waals surface area contributed by atoms with Crippen LogP contribution in [0, 0.1) is 0 Å². The molecule has 1 saturated heterocycles. The Bertz CT molecular complexity index is 3630. The molecule has 3 atom stereocenters. The summed E-state index contributed by atoms with van der Waals surface area (Å²) in [5.41, 5.74) is 15.0. The summed E-state index contributed by atoms with van der Waals surface area (Å²) in [6.45, 7) is 0. The molecular weight excluding hydrogens is 773 g/mol. The Morgan fingerprint density at radius 1 is 0.429 bits per heavy atom. The van der Waals surface area contributed by atoms with Crippen LogP contribution in [0.5, 0.6) is 0 Å². The van der Waals surface area contributed by atoms with Gasteiger partial charge >= 0.3 is 0 Å². The van der Waals surface area contributed by atoms with Crippen LogP contribution in [-0.2, 0) is 0 Å². The number of nitrogens with one attached hydrogen (secondary N) is 3. The molecule has 63 heavy (non-hydrogen) atoms. The van der Waals surface area contributed by atoms with E-state index in [0.29, 0.717) is 0 Å². The lowest BCUT2D eigenvalue weighted by Gasteiger charge is -2.40. The van der Waals surface area contributed by atoms with Crippen LogP contribution >= 0.6 is 0 Å². The van der Waals surface area contributed by atoms with Crippen LogP contribution in [0.2, 0.25) is 0 Å². The van der Waals surface area contributed by atoms with E-state index in [2.05, 4.69) is 215 Å². The minimum atomic E-state index is -0.0915. The Labute approximate surface area is 363 Å². The predicted octanol–water partition coefficient (Wildman–Crippen LogP) is 14.0. The van der Waals surface area contributed by atoms with Crippen molar-refractivity contribution >= 4 is 65.7 Å². The van der Waals surface area contributed by atoms with Gasteiger partial charge in [0.1, 0.15) is 22.3 Å². The molecule has 8 aromatic carbocycles. The zero-order chi connectivity index (χ0) is 41.4. The van der Waals surface area contributed by atoms with Gasteiger partial charge in [-0.3, -0.25) is 16.0 Å². The van der Waals surface area contributed by atoms with Crippen LogP contribution in [0.25, 0.3) is 93.6 Å². The highest BCUT2D eigenvalue weighted by molar-refractivity contribution is 6.14. The molecule has 6 nitrogen and oxygen atoms in total. The number of para-hydroxylation sites is 2. The minimum Gasteiger partial charge on any atom is -0.456 e. The molecule has 6 heteroatoms. The number of aromatic nitrogens is 1.